The van der Waals surface area contributed by atoms with Gasteiger partial charge in [0, 0.05) is 11.6 Å². The fraction of sp³-hybridized carbons (Fsp3) is 0.136. The maximum Gasteiger partial charge on any atom is 0.329 e. The molecule has 172 valence electrons. The van der Waals surface area contributed by atoms with Crippen LogP contribution >= 0.6 is 11.6 Å². The molecule has 11 heteroatoms. The molecule has 0 aliphatic rings. The van der Waals surface area contributed by atoms with Gasteiger partial charge in [-0.05, 0) is 48.9 Å². The average Bonchev–Trinajstić information content (AvgIpc) is 3.25. The number of amides is 2. The van der Waals surface area contributed by atoms with Gasteiger partial charge in [-0.2, -0.15) is 5.10 Å². The average molecular weight is 489 g/mol. The van der Waals surface area contributed by atoms with E-state index in [-0.39, 0.29) is 23.7 Å². The summed E-state index contributed by atoms with van der Waals surface area (Å²) in [5, 5.41) is 6.71. The number of nitrogens with zero attached hydrogens (tertiary/aromatic N) is 1. The summed E-state index contributed by atoms with van der Waals surface area (Å²) in [6.45, 7) is 1.96. The molecule has 0 saturated carbocycles. The predicted octanol–water partition coefficient (Wildman–Crippen LogP) is 2.49. The molecule has 2 amide bonds. The van der Waals surface area contributed by atoms with Gasteiger partial charge in [-0.15, -0.1) is 0 Å². The zero-order chi connectivity index (χ0) is 23.8. The third kappa shape index (κ3) is 7.28. The minimum absolute atomic E-state index is 0.0660. The fourth-order valence-electron chi connectivity index (χ4n) is 2.60. The van der Waals surface area contributed by atoms with Crippen molar-refractivity contribution >= 4 is 39.7 Å². The number of hydrazone groups is 1. The van der Waals surface area contributed by atoms with Gasteiger partial charge in [-0.3, -0.25) is 9.59 Å². The van der Waals surface area contributed by atoms with Crippen LogP contribution in [-0.2, 0) is 32.7 Å². The second-order valence-electron chi connectivity index (χ2n) is 6.95. The van der Waals surface area contributed by atoms with E-state index >= 15 is 0 Å². The van der Waals surface area contributed by atoms with E-state index in [9.17, 15) is 18.0 Å². The lowest BCUT2D eigenvalue weighted by Crippen LogP contribution is -2.37. The van der Waals surface area contributed by atoms with Crippen LogP contribution in [0.3, 0.4) is 0 Å². The monoisotopic (exact) mass is 488 g/mol. The van der Waals surface area contributed by atoms with Crippen LogP contribution in [-0.4, -0.2) is 26.4 Å². The van der Waals surface area contributed by atoms with Crippen molar-refractivity contribution in [3.63, 3.8) is 0 Å². The van der Waals surface area contributed by atoms with Crippen LogP contribution in [0, 0.1) is 6.92 Å². The van der Waals surface area contributed by atoms with Crippen molar-refractivity contribution in [2.24, 2.45) is 5.10 Å². The van der Waals surface area contributed by atoms with Crippen molar-refractivity contribution in [2.75, 3.05) is 0 Å². The molecule has 33 heavy (non-hydrogen) atoms. The fourth-order valence-corrected chi connectivity index (χ4v) is 3.72. The Hall–Kier alpha value is -3.47. The van der Waals surface area contributed by atoms with Crippen molar-refractivity contribution < 1.29 is 22.4 Å². The minimum atomic E-state index is -3.68. The Morgan fingerprint density at radius 1 is 0.970 bits per heavy atom. The number of nitrogens with one attached hydrogen (secondary N) is 3. The van der Waals surface area contributed by atoms with Gasteiger partial charge < -0.3 is 9.73 Å². The number of carbonyl (C=O) groups is 2. The number of carbonyl (C=O) groups excluding carboxylic acids is 2. The number of halogens is 1. The van der Waals surface area contributed by atoms with Gasteiger partial charge in [0.1, 0.15) is 11.5 Å². The highest BCUT2D eigenvalue weighted by atomic mass is 35.5. The number of furan rings is 1. The van der Waals surface area contributed by atoms with Crippen molar-refractivity contribution in [1.29, 1.82) is 0 Å². The molecule has 0 saturated heterocycles. The van der Waals surface area contributed by atoms with Crippen LogP contribution in [0.25, 0.3) is 0 Å². The van der Waals surface area contributed by atoms with E-state index in [2.05, 4.69) is 20.6 Å². The lowest BCUT2D eigenvalue weighted by molar-refractivity contribution is -0.139. The van der Waals surface area contributed by atoms with Crippen LogP contribution in [0.5, 0.6) is 0 Å². The first-order chi connectivity index (χ1) is 15.7. The molecule has 0 aliphatic carbocycles. The molecule has 0 bridgehead atoms. The van der Waals surface area contributed by atoms with E-state index in [1.54, 1.807) is 48.5 Å². The highest BCUT2D eigenvalue weighted by Crippen LogP contribution is 2.12. The highest BCUT2D eigenvalue weighted by molar-refractivity contribution is 7.89. The lowest BCUT2D eigenvalue weighted by Gasteiger charge is -2.05. The quantitative estimate of drug-likeness (QED) is 0.255. The van der Waals surface area contributed by atoms with Gasteiger partial charge in [0.15, 0.2) is 0 Å². The van der Waals surface area contributed by atoms with E-state index in [0.29, 0.717) is 10.8 Å². The molecule has 0 atom stereocenters. The normalized spacial score (nSPS) is 11.5. The molecule has 0 aliphatic heterocycles. The highest BCUT2D eigenvalue weighted by Gasteiger charge is 2.15. The van der Waals surface area contributed by atoms with E-state index in [1.807, 2.05) is 6.92 Å². The first-order valence-corrected chi connectivity index (χ1v) is 11.6. The SMILES string of the molecule is Cc1ccc(S(=O)(=O)NCc2ccc(/C=N/NC(=O)C(=O)NCc3ccc(Cl)cc3)o2)cc1. The van der Waals surface area contributed by atoms with Gasteiger partial charge in [-0.1, -0.05) is 41.4 Å². The van der Waals surface area contributed by atoms with Crippen molar-refractivity contribution in [3.8, 4) is 0 Å². The van der Waals surface area contributed by atoms with E-state index in [0.717, 1.165) is 11.1 Å². The second kappa shape index (κ2) is 10.9. The van der Waals surface area contributed by atoms with Gasteiger partial charge >= 0.3 is 11.8 Å². The Kier molecular flexibility index (Phi) is 7.99. The van der Waals surface area contributed by atoms with E-state index in [4.69, 9.17) is 16.0 Å². The summed E-state index contributed by atoms with van der Waals surface area (Å²) in [5.41, 5.74) is 3.83. The van der Waals surface area contributed by atoms with Crippen LogP contribution in [0.1, 0.15) is 22.6 Å². The summed E-state index contributed by atoms with van der Waals surface area (Å²) in [7, 11) is -3.68. The minimum Gasteiger partial charge on any atom is -0.459 e. The number of benzene rings is 2. The third-order valence-corrected chi connectivity index (χ3v) is 6.05. The Labute approximate surface area is 195 Å². The summed E-state index contributed by atoms with van der Waals surface area (Å²) in [6, 6.07) is 16.4. The Balaban J connectivity index is 1.46. The molecule has 3 N–H and O–H groups in total. The van der Waals surface area contributed by atoms with Gasteiger partial charge in [0.2, 0.25) is 10.0 Å². The first kappa shape index (κ1) is 24.2. The maximum atomic E-state index is 12.3. The van der Waals surface area contributed by atoms with Gasteiger partial charge in [0.25, 0.3) is 0 Å². The number of hydrogen-bond donors (Lipinski definition) is 3. The Bertz CT molecular complexity index is 1250. The Morgan fingerprint density at radius 3 is 2.36 bits per heavy atom. The van der Waals surface area contributed by atoms with Crippen molar-refractivity contribution in [1.82, 2.24) is 15.5 Å². The summed E-state index contributed by atoms with van der Waals surface area (Å²) in [6.07, 6.45) is 1.20. The van der Waals surface area contributed by atoms with Crippen molar-refractivity contribution in [2.45, 2.75) is 24.9 Å². The summed E-state index contributed by atoms with van der Waals surface area (Å²) in [5.74, 6) is -1.19. The maximum absolute atomic E-state index is 12.3. The van der Waals surface area contributed by atoms with Crippen LogP contribution in [0.4, 0.5) is 0 Å². The molecular formula is C22H21ClN4O5S. The Morgan fingerprint density at radius 2 is 1.67 bits per heavy atom. The van der Waals surface area contributed by atoms with Crippen LogP contribution in [0.2, 0.25) is 5.02 Å². The summed E-state index contributed by atoms with van der Waals surface area (Å²) >= 11 is 5.80. The third-order valence-electron chi connectivity index (χ3n) is 4.38. The van der Waals surface area contributed by atoms with E-state index < -0.39 is 21.8 Å². The number of hydrogen-bond acceptors (Lipinski definition) is 6. The molecule has 0 unspecified atom stereocenters. The molecule has 0 spiro atoms. The van der Waals surface area contributed by atoms with Crippen molar-refractivity contribution in [3.05, 3.63) is 88.3 Å². The van der Waals surface area contributed by atoms with Gasteiger partial charge in [0.05, 0.1) is 17.7 Å². The predicted molar refractivity (Wildman–Crippen MR) is 123 cm³/mol. The molecule has 9 nitrogen and oxygen atoms in total. The van der Waals surface area contributed by atoms with Crippen LogP contribution in [0.15, 0.2) is 75.1 Å². The van der Waals surface area contributed by atoms with Crippen LogP contribution < -0.4 is 15.5 Å². The summed E-state index contributed by atoms with van der Waals surface area (Å²) in [4.78, 5) is 23.8. The largest absolute Gasteiger partial charge is 0.459 e. The molecular weight excluding hydrogens is 468 g/mol. The smallest absolute Gasteiger partial charge is 0.329 e. The second-order valence-corrected chi connectivity index (χ2v) is 9.15. The number of aryl methyl sites for hydroxylation is 1. The standard InChI is InChI=1S/C22H21ClN4O5S/c1-15-2-10-20(11-3-15)33(30,31)26-14-19-9-8-18(32-19)13-25-27-22(29)21(28)24-12-16-4-6-17(23)7-5-16/h2-11,13,26H,12,14H2,1H3,(H,24,28)(H,27,29)/b25-13+. The molecule has 3 aromatic rings. The lowest BCUT2D eigenvalue weighted by atomic mass is 10.2. The molecule has 2 aromatic carbocycles. The molecule has 0 radical (unpaired) electrons. The molecule has 1 aromatic heterocycles. The summed E-state index contributed by atoms with van der Waals surface area (Å²) < 4.78 is 32.5. The zero-order valence-corrected chi connectivity index (χ0v) is 19.1. The molecule has 1 heterocycles. The van der Waals surface area contributed by atoms with E-state index in [1.165, 1.54) is 18.3 Å². The topological polar surface area (TPSA) is 130 Å². The zero-order valence-electron chi connectivity index (χ0n) is 17.5. The first-order valence-electron chi connectivity index (χ1n) is 9.74. The number of sulfonamides is 1. The number of rotatable bonds is 8. The molecule has 3 rings (SSSR count). The molecule has 0 fully saturated rings. The van der Waals surface area contributed by atoms with Gasteiger partial charge in [-0.25, -0.2) is 18.6 Å².